The summed E-state index contributed by atoms with van der Waals surface area (Å²) in [6.07, 6.45) is -3.12. The van der Waals surface area contributed by atoms with Gasteiger partial charge in [-0.25, -0.2) is 4.79 Å². The van der Waals surface area contributed by atoms with Crippen molar-refractivity contribution in [2.45, 2.75) is 6.18 Å². The number of nitrogens with one attached hydrogen (secondary N) is 2. The highest BCUT2D eigenvalue weighted by Crippen LogP contribution is 2.30. The van der Waals surface area contributed by atoms with Crippen molar-refractivity contribution in [2.75, 3.05) is 16.4 Å². The number of anilines is 3. The zero-order chi connectivity index (χ0) is 15.6. The van der Waals surface area contributed by atoms with E-state index in [1.54, 1.807) is 7.05 Å². The lowest BCUT2D eigenvalue weighted by Gasteiger charge is -2.11. The number of amides is 2. The number of carbonyl (C=O) groups excluding carboxylic acids is 1. The molecule has 1 aromatic heterocycles. The Bertz CT molecular complexity index is 646. The summed E-state index contributed by atoms with van der Waals surface area (Å²) < 4.78 is 39.0. The van der Waals surface area contributed by atoms with Crippen LogP contribution >= 0.6 is 0 Å². The minimum absolute atomic E-state index is 0.0167. The van der Waals surface area contributed by atoms with Crippen molar-refractivity contribution in [3.63, 3.8) is 0 Å². The first-order chi connectivity index (χ1) is 9.77. The molecule has 0 radical (unpaired) electrons. The van der Waals surface area contributed by atoms with E-state index in [-0.39, 0.29) is 17.2 Å². The summed E-state index contributed by atoms with van der Waals surface area (Å²) >= 11 is 0. The van der Waals surface area contributed by atoms with Gasteiger partial charge in [0.05, 0.1) is 17.4 Å². The molecule has 0 unspecified atom stereocenters. The van der Waals surface area contributed by atoms with E-state index < -0.39 is 17.8 Å². The predicted molar refractivity (Wildman–Crippen MR) is 71.7 cm³/mol. The first kappa shape index (κ1) is 14.7. The quantitative estimate of drug-likeness (QED) is 0.797. The van der Waals surface area contributed by atoms with Crippen LogP contribution in [0.4, 0.5) is 35.2 Å². The van der Waals surface area contributed by atoms with Gasteiger partial charge in [0.2, 0.25) is 0 Å². The van der Waals surface area contributed by atoms with Crippen molar-refractivity contribution in [1.82, 2.24) is 9.78 Å². The average molecular weight is 299 g/mol. The maximum Gasteiger partial charge on any atom is 0.416 e. The Kier molecular flexibility index (Phi) is 3.74. The second-order valence-electron chi connectivity index (χ2n) is 4.23. The molecule has 2 rings (SSSR count). The van der Waals surface area contributed by atoms with Crippen molar-refractivity contribution in [3.05, 3.63) is 36.0 Å². The Morgan fingerprint density at radius 3 is 2.62 bits per heavy atom. The second kappa shape index (κ2) is 5.35. The summed E-state index contributed by atoms with van der Waals surface area (Å²) in [5, 5.41) is 8.53. The van der Waals surface area contributed by atoms with Crippen LogP contribution in [0.5, 0.6) is 0 Å². The molecule has 0 aliphatic carbocycles. The number of urea groups is 1. The normalized spacial score (nSPS) is 11.2. The third-order valence-corrected chi connectivity index (χ3v) is 2.65. The predicted octanol–water partition coefficient (Wildman–Crippen LogP) is 2.67. The van der Waals surface area contributed by atoms with Gasteiger partial charge in [0.1, 0.15) is 0 Å². The largest absolute Gasteiger partial charge is 0.416 e. The molecule has 112 valence electrons. The van der Waals surface area contributed by atoms with Crippen molar-refractivity contribution in [3.8, 4) is 0 Å². The highest BCUT2D eigenvalue weighted by atomic mass is 19.4. The third kappa shape index (κ3) is 3.44. The summed E-state index contributed by atoms with van der Waals surface area (Å²) in [6.45, 7) is 0. The molecule has 21 heavy (non-hydrogen) atoms. The topological polar surface area (TPSA) is 85.0 Å². The molecular formula is C12H12F3N5O. The standard InChI is InChI=1S/C12H12F3N5O/c1-20-10(9(16)6-17-20)19-11(21)18-8-4-2-3-7(5-8)12(13,14)15/h2-6H,16H2,1H3,(H2,18,19,21). The molecule has 0 aliphatic rings. The van der Waals surface area contributed by atoms with Gasteiger partial charge in [-0.05, 0) is 18.2 Å². The van der Waals surface area contributed by atoms with Crippen LogP contribution in [0.1, 0.15) is 5.56 Å². The summed E-state index contributed by atoms with van der Waals surface area (Å²) in [7, 11) is 1.57. The van der Waals surface area contributed by atoms with E-state index in [4.69, 9.17) is 5.73 Å². The molecule has 0 saturated heterocycles. The Morgan fingerprint density at radius 2 is 2.05 bits per heavy atom. The minimum Gasteiger partial charge on any atom is -0.394 e. The summed E-state index contributed by atoms with van der Waals surface area (Å²) in [5.74, 6) is 0.250. The SMILES string of the molecule is Cn1ncc(N)c1NC(=O)Nc1cccc(C(F)(F)F)c1. The molecule has 0 spiro atoms. The molecule has 2 amide bonds. The summed E-state index contributed by atoms with van der Waals surface area (Å²) in [5.41, 5.74) is 5.01. The van der Waals surface area contributed by atoms with Crippen LogP contribution in [0.2, 0.25) is 0 Å². The van der Waals surface area contributed by atoms with E-state index >= 15 is 0 Å². The number of hydrogen-bond donors (Lipinski definition) is 3. The Morgan fingerprint density at radius 1 is 1.33 bits per heavy atom. The smallest absolute Gasteiger partial charge is 0.394 e. The Labute approximate surface area is 117 Å². The fourth-order valence-corrected chi connectivity index (χ4v) is 1.65. The highest BCUT2D eigenvalue weighted by Gasteiger charge is 2.30. The maximum atomic E-state index is 12.6. The first-order valence-corrected chi connectivity index (χ1v) is 5.80. The molecule has 0 atom stereocenters. The zero-order valence-electron chi connectivity index (χ0n) is 10.9. The Balaban J connectivity index is 2.10. The van der Waals surface area contributed by atoms with Gasteiger partial charge in [0, 0.05) is 12.7 Å². The minimum atomic E-state index is -4.47. The van der Waals surface area contributed by atoms with Crippen molar-refractivity contribution < 1.29 is 18.0 Å². The fourth-order valence-electron chi connectivity index (χ4n) is 1.65. The van der Waals surface area contributed by atoms with Gasteiger partial charge in [0.15, 0.2) is 5.82 Å². The second-order valence-corrected chi connectivity index (χ2v) is 4.23. The van der Waals surface area contributed by atoms with Crippen LogP contribution in [0, 0.1) is 0 Å². The zero-order valence-corrected chi connectivity index (χ0v) is 10.9. The average Bonchev–Trinajstić information content (AvgIpc) is 2.70. The van der Waals surface area contributed by atoms with Crippen LogP contribution in [-0.4, -0.2) is 15.8 Å². The first-order valence-electron chi connectivity index (χ1n) is 5.80. The van der Waals surface area contributed by atoms with Gasteiger partial charge >= 0.3 is 12.2 Å². The number of nitrogen functional groups attached to an aromatic ring is 1. The number of aromatic nitrogens is 2. The van der Waals surface area contributed by atoms with E-state index in [2.05, 4.69) is 15.7 Å². The van der Waals surface area contributed by atoms with Crippen LogP contribution in [-0.2, 0) is 13.2 Å². The van der Waals surface area contributed by atoms with Gasteiger partial charge < -0.3 is 11.1 Å². The van der Waals surface area contributed by atoms with Gasteiger partial charge in [-0.3, -0.25) is 10.00 Å². The van der Waals surface area contributed by atoms with Gasteiger partial charge in [-0.15, -0.1) is 0 Å². The summed E-state index contributed by atoms with van der Waals surface area (Å²) in [4.78, 5) is 11.7. The fraction of sp³-hybridized carbons (Fsp3) is 0.167. The van der Waals surface area contributed by atoms with E-state index in [0.717, 1.165) is 12.1 Å². The lowest BCUT2D eigenvalue weighted by atomic mass is 10.2. The van der Waals surface area contributed by atoms with E-state index in [1.807, 2.05) is 0 Å². The van der Waals surface area contributed by atoms with Crippen LogP contribution in [0.25, 0.3) is 0 Å². The molecule has 1 aromatic carbocycles. The molecule has 0 aliphatic heterocycles. The molecule has 0 saturated carbocycles. The molecule has 6 nitrogen and oxygen atoms in total. The van der Waals surface area contributed by atoms with Crippen molar-refractivity contribution >= 4 is 23.2 Å². The number of halogens is 3. The van der Waals surface area contributed by atoms with Crippen LogP contribution < -0.4 is 16.4 Å². The molecular weight excluding hydrogens is 287 g/mol. The third-order valence-electron chi connectivity index (χ3n) is 2.65. The van der Waals surface area contributed by atoms with E-state index in [0.29, 0.717) is 0 Å². The molecule has 9 heteroatoms. The van der Waals surface area contributed by atoms with Crippen LogP contribution in [0.3, 0.4) is 0 Å². The number of alkyl halides is 3. The van der Waals surface area contributed by atoms with E-state index in [9.17, 15) is 18.0 Å². The lowest BCUT2D eigenvalue weighted by molar-refractivity contribution is -0.137. The van der Waals surface area contributed by atoms with Gasteiger partial charge in [-0.1, -0.05) is 6.07 Å². The summed E-state index contributed by atoms with van der Waals surface area (Å²) in [6, 6.07) is 3.59. The van der Waals surface area contributed by atoms with Crippen molar-refractivity contribution in [2.24, 2.45) is 7.05 Å². The lowest BCUT2D eigenvalue weighted by Crippen LogP contribution is -2.22. The molecule has 1 heterocycles. The van der Waals surface area contributed by atoms with Crippen molar-refractivity contribution in [1.29, 1.82) is 0 Å². The number of nitrogens with two attached hydrogens (primary N) is 1. The molecule has 2 aromatic rings. The number of nitrogens with zero attached hydrogens (tertiary/aromatic N) is 2. The Hall–Kier alpha value is -2.71. The molecule has 4 N–H and O–H groups in total. The number of rotatable bonds is 2. The van der Waals surface area contributed by atoms with E-state index in [1.165, 1.54) is 23.0 Å². The molecule has 0 fully saturated rings. The highest BCUT2D eigenvalue weighted by molar-refractivity contribution is 6.00. The van der Waals surface area contributed by atoms with Gasteiger partial charge in [-0.2, -0.15) is 18.3 Å². The maximum absolute atomic E-state index is 12.6. The van der Waals surface area contributed by atoms with Crippen LogP contribution in [0.15, 0.2) is 30.5 Å². The number of carbonyl (C=O) groups is 1. The number of benzene rings is 1. The molecule has 0 bridgehead atoms. The van der Waals surface area contributed by atoms with Gasteiger partial charge in [0.25, 0.3) is 0 Å². The monoisotopic (exact) mass is 299 g/mol. The number of hydrogen-bond acceptors (Lipinski definition) is 3. The number of aryl methyl sites for hydroxylation is 1.